The molecule has 0 bridgehead atoms. The Kier molecular flexibility index (Phi) is 3.70. The quantitative estimate of drug-likeness (QED) is 0.842. The summed E-state index contributed by atoms with van der Waals surface area (Å²) in [5, 5.41) is 5.73. The molecule has 16 heavy (non-hydrogen) atoms. The zero-order chi connectivity index (χ0) is 11.6. The van der Waals surface area contributed by atoms with Gasteiger partial charge in [0, 0.05) is 10.9 Å². The number of hydrogen-bond donors (Lipinski definition) is 1. The number of thiophene rings is 1. The molecule has 1 aliphatic rings. The Balaban J connectivity index is 2.05. The molecule has 0 amide bonds. The van der Waals surface area contributed by atoms with Gasteiger partial charge in [-0.05, 0) is 49.1 Å². The number of likely N-dealkylation sites (N-methyl/N-ethyl adjacent to an activating group) is 1. The standard InChI is InChI=1S/C14H23NS/c1-14(2)8-4-7-12(14)13(15-3)10-11-6-5-9-16-11/h5-6,9,12-13,15H,4,7-8,10H2,1-3H3. The van der Waals surface area contributed by atoms with E-state index in [-0.39, 0.29) is 0 Å². The van der Waals surface area contributed by atoms with Gasteiger partial charge in [-0.3, -0.25) is 0 Å². The Morgan fingerprint density at radius 1 is 1.56 bits per heavy atom. The molecule has 0 aliphatic heterocycles. The fraction of sp³-hybridized carbons (Fsp3) is 0.714. The summed E-state index contributed by atoms with van der Waals surface area (Å²) < 4.78 is 0. The van der Waals surface area contributed by atoms with Crippen molar-refractivity contribution in [3.63, 3.8) is 0 Å². The van der Waals surface area contributed by atoms with Gasteiger partial charge in [0.2, 0.25) is 0 Å². The van der Waals surface area contributed by atoms with Crippen LogP contribution in [0.4, 0.5) is 0 Å². The van der Waals surface area contributed by atoms with E-state index >= 15 is 0 Å². The summed E-state index contributed by atoms with van der Waals surface area (Å²) in [6, 6.07) is 5.07. The van der Waals surface area contributed by atoms with E-state index in [9.17, 15) is 0 Å². The molecular weight excluding hydrogens is 214 g/mol. The lowest BCUT2D eigenvalue weighted by molar-refractivity contribution is 0.202. The van der Waals surface area contributed by atoms with Crippen LogP contribution in [0.3, 0.4) is 0 Å². The molecule has 2 unspecified atom stereocenters. The lowest BCUT2D eigenvalue weighted by Gasteiger charge is -2.34. The van der Waals surface area contributed by atoms with Gasteiger partial charge in [0.05, 0.1) is 0 Å². The van der Waals surface area contributed by atoms with Gasteiger partial charge < -0.3 is 5.32 Å². The zero-order valence-electron chi connectivity index (χ0n) is 10.6. The van der Waals surface area contributed by atoms with Crippen molar-refractivity contribution in [1.29, 1.82) is 0 Å². The second-order valence-corrected chi connectivity index (χ2v) is 6.70. The Morgan fingerprint density at radius 3 is 2.88 bits per heavy atom. The molecule has 1 aromatic heterocycles. The van der Waals surface area contributed by atoms with E-state index in [0.717, 1.165) is 5.92 Å². The summed E-state index contributed by atoms with van der Waals surface area (Å²) in [5.41, 5.74) is 0.519. The van der Waals surface area contributed by atoms with Gasteiger partial charge in [-0.1, -0.05) is 26.3 Å². The molecule has 1 aliphatic carbocycles. The summed E-state index contributed by atoms with van der Waals surface area (Å²) in [6.45, 7) is 4.87. The monoisotopic (exact) mass is 237 g/mol. The van der Waals surface area contributed by atoms with Crippen LogP contribution in [0.2, 0.25) is 0 Å². The second kappa shape index (κ2) is 4.89. The molecule has 2 atom stereocenters. The van der Waals surface area contributed by atoms with Crippen LogP contribution in [0.5, 0.6) is 0 Å². The molecule has 1 aromatic rings. The van der Waals surface area contributed by atoms with Crippen LogP contribution < -0.4 is 5.32 Å². The maximum atomic E-state index is 3.54. The first-order valence-electron chi connectivity index (χ1n) is 6.33. The van der Waals surface area contributed by atoms with Crippen molar-refractivity contribution in [3.05, 3.63) is 22.4 Å². The van der Waals surface area contributed by atoms with Gasteiger partial charge in [0.25, 0.3) is 0 Å². The van der Waals surface area contributed by atoms with Crippen LogP contribution in [-0.4, -0.2) is 13.1 Å². The minimum atomic E-state index is 0.519. The van der Waals surface area contributed by atoms with E-state index in [0.29, 0.717) is 11.5 Å². The van der Waals surface area contributed by atoms with Crippen molar-refractivity contribution >= 4 is 11.3 Å². The fourth-order valence-electron chi connectivity index (χ4n) is 3.19. The molecule has 1 heterocycles. The molecular formula is C14H23NS. The SMILES string of the molecule is CNC(Cc1cccs1)C1CCCC1(C)C. The maximum Gasteiger partial charge on any atom is 0.0146 e. The zero-order valence-corrected chi connectivity index (χ0v) is 11.4. The Bertz CT molecular complexity index is 315. The third-order valence-electron chi connectivity index (χ3n) is 4.20. The molecule has 1 fully saturated rings. The average Bonchev–Trinajstić information content (AvgIpc) is 2.84. The lowest BCUT2D eigenvalue weighted by atomic mass is 9.76. The summed E-state index contributed by atoms with van der Waals surface area (Å²) in [7, 11) is 2.12. The minimum absolute atomic E-state index is 0.519. The molecule has 2 rings (SSSR count). The van der Waals surface area contributed by atoms with Crippen molar-refractivity contribution in [2.75, 3.05) is 7.05 Å². The molecule has 1 saturated carbocycles. The fourth-order valence-corrected chi connectivity index (χ4v) is 3.96. The van der Waals surface area contributed by atoms with Crippen molar-refractivity contribution in [3.8, 4) is 0 Å². The van der Waals surface area contributed by atoms with E-state index < -0.39 is 0 Å². The van der Waals surface area contributed by atoms with Crippen LogP contribution in [0, 0.1) is 11.3 Å². The van der Waals surface area contributed by atoms with Crippen molar-refractivity contribution < 1.29 is 0 Å². The third-order valence-corrected chi connectivity index (χ3v) is 5.10. The van der Waals surface area contributed by atoms with Gasteiger partial charge >= 0.3 is 0 Å². The Morgan fingerprint density at radius 2 is 2.38 bits per heavy atom. The van der Waals surface area contributed by atoms with Gasteiger partial charge in [0.15, 0.2) is 0 Å². The van der Waals surface area contributed by atoms with Gasteiger partial charge in [0.1, 0.15) is 0 Å². The molecule has 2 heteroatoms. The van der Waals surface area contributed by atoms with Gasteiger partial charge in [-0.15, -0.1) is 11.3 Å². The molecule has 0 aromatic carbocycles. The summed E-state index contributed by atoms with van der Waals surface area (Å²) in [6.07, 6.45) is 5.38. The molecule has 1 N–H and O–H groups in total. The van der Waals surface area contributed by atoms with Crippen molar-refractivity contribution in [2.24, 2.45) is 11.3 Å². The number of hydrogen-bond acceptors (Lipinski definition) is 2. The maximum absolute atomic E-state index is 3.54. The highest BCUT2D eigenvalue weighted by molar-refractivity contribution is 7.09. The third kappa shape index (κ3) is 2.49. The van der Waals surface area contributed by atoms with Crippen LogP contribution in [0.1, 0.15) is 38.0 Å². The molecule has 0 spiro atoms. The Labute approximate surface area is 103 Å². The predicted molar refractivity (Wildman–Crippen MR) is 72.0 cm³/mol. The predicted octanol–water partition coefficient (Wildman–Crippen LogP) is 3.70. The minimum Gasteiger partial charge on any atom is -0.316 e. The van der Waals surface area contributed by atoms with Crippen LogP contribution in [0.15, 0.2) is 17.5 Å². The second-order valence-electron chi connectivity index (χ2n) is 5.67. The summed E-state index contributed by atoms with van der Waals surface area (Å²) >= 11 is 1.89. The van der Waals surface area contributed by atoms with E-state index in [4.69, 9.17) is 0 Å². The van der Waals surface area contributed by atoms with Crippen molar-refractivity contribution in [1.82, 2.24) is 5.32 Å². The number of rotatable bonds is 4. The normalized spacial score (nSPS) is 25.8. The van der Waals surface area contributed by atoms with E-state index in [1.54, 1.807) is 0 Å². The number of nitrogens with one attached hydrogen (secondary N) is 1. The largest absolute Gasteiger partial charge is 0.316 e. The molecule has 1 nitrogen and oxygen atoms in total. The highest BCUT2D eigenvalue weighted by Gasteiger charge is 2.38. The molecule has 0 saturated heterocycles. The first-order valence-corrected chi connectivity index (χ1v) is 7.21. The lowest BCUT2D eigenvalue weighted by Crippen LogP contribution is -2.40. The van der Waals surface area contributed by atoms with E-state index in [2.05, 4.69) is 43.7 Å². The topological polar surface area (TPSA) is 12.0 Å². The van der Waals surface area contributed by atoms with Crippen LogP contribution in [0.25, 0.3) is 0 Å². The van der Waals surface area contributed by atoms with E-state index in [1.165, 1.54) is 30.6 Å². The Hall–Kier alpha value is -0.340. The van der Waals surface area contributed by atoms with Crippen molar-refractivity contribution in [2.45, 2.75) is 45.6 Å². The summed E-state index contributed by atoms with van der Waals surface area (Å²) in [5.74, 6) is 0.833. The van der Waals surface area contributed by atoms with Gasteiger partial charge in [-0.25, -0.2) is 0 Å². The van der Waals surface area contributed by atoms with Crippen LogP contribution in [-0.2, 0) is 6.42 Å². The highest BCUT2D eigenvalue weighted by Crippen LogP contribution is 2.44. The molecule has 0 radical (unpaired) electrons. The van der Waals surface area contributed by atoms with Gasteiger partial charge in [-0.2, -0.15) is 0 Å². The first-order chi connectivity index (χ1) is 7.63. The smallest absolute Gasteiger partial charge is 0.0146 e. The summed E-state index contributed by atoms with van der Waals surface area (Å²) in [4.78, 5) is 1.52. The molecule has 90 valence electrons. The van der Waals surface area contributed by atoms with Crippen LogP contribution >= 0.6 is 11.3 Å². The first kappa shape index (κ1) is 12.1. The average molecular weight is 237 g/mol. The highest BCUT2D eigenvalue weighted by atomic mass is 32.1. The van der Waals surface area contributed by atoms with E-state index in [1.807, 2.05) is 11.3 Å².